The molecule has 2 atom stereocenters. The molecule has 1 amide bonds. The number of nitrogens with one attached hydrogen (secondary N) is 3. The van der Waals surface area contributed by atoms with Crippen molar-refractivity contribution in [2.24, 2.45) is 11.3 Å². The number of hydrogen-bond donors (Lipinski definition) is 4. The molecule has 4 N–H and O–H groups in total. The van der Waals surface area contributed by atoms with Gasteiger partial charge in [0, 0.05) is 55.3 Å². The monoisotopic (exact) mass is 935 g/mol. The van der Waals surface area contributed by atoms with E-state index in [-0.39, 0.29) is 57.9 Å². The lowest BCUT2D eigenvalue weighted by Crippen LogP contribution is -2.54. The number of likely N-dealkylation sites (tertiary alicyclic amines) is 1. The summed E-state index contributed by atoms with van der Waals surface area (Å²) in [5.74, 6) is -0.889. The Bertz CT molecular complexity index is 2830. The highest BCUT2D eigenvalue weighted by molar-refractivity contribution is 7.90. The summed E-state index contributed by atoms with van der Waals surface area (Å²) < 4.78 is 56.9. The van der Waals surface area contributed by atoms with Gasteiger partial charge in [-0.05, 0) is 124 Å². The third-order valence-electron chi connectivity index (χ3n) is 15.4. The zero-order valence-corrected chi connectivity index (χ0v) is 38.9. The Morgan fingerprint density at radius 3 is 2.55 bits per heavy atom. The van der Waals surface area contributed by atoms with Gasteiger partial charge in [0.2, 0.25) is 0 Å². The molecule has 4 fully saturated rings. The van der Waals surface area contributed by atoms with Crippen LogP contribution in [0.3, 0.4) is 0 Å². The number of H-pyrrole nitrogens is 1. The number of aromatic amines is 1. The average molecular weight is 936 g/mol. The van der Waals surface area contributed by atoms with Crippen LogP contribution in [0.1, 0.15) is 118 Å². The molecule has 354 valence electrons. The number of hydrogen-bond acceptors (Lipinski definition) is 12. The zero-order valence-electron chi connectivity index (χ0n) is 38.1. The Kier molecular flexibility index (Phi) is 11.7. The van der Waals surface area contributed by atoms with Gasteiger partial charge in [-0.1, -0.05) is 38.1 Å². The van der Waals surface area contributed by atoms with Crippen molar-refractivity contribution >= 4 is 44.0 Å². The number of nitro groups is 1. The zero-order chi connectivity index (χ0) is 46.8. The number of benzene rings is 3. The van der Waals surface area contributed by atoms with E-state index in [2.05, 4.69) is 67.9 Å². The summed E-state index contributed by atoms with van der Waals surface area (Å²) in [6.45, 7) is 9.17. The normalized spacial score (nSPS) is 24.2. The second-order valence-corrected chi connectivity index (χ2v) is 21.8. The fourth-order valence-corrected chi connectivity index (χ4v) is 12.5. The Hall–Kier alpha value is -5.78. The molecule has 17 heteroatoms. The minimum Gasteiger partial charge on any atom is -0.489 e. The first-order valence-corrected chi connectivity index (χ1v) is 25.1. The van der Waals surface area contributed by atoms with Gasteiger partial charge < -0.3 is 29.8 Å². The van der Waals surface area contributed by atoms with Gasteiger partial charge in [-0.25, -0.2) is 22.5 Å². The first-order chi connectivity index (χ1) is 32.1. The number of fused-ring (bicyclic) bond motifs is 2. The molecule has 5 aromatic rings. The number of aliphatic hydroxyl groups is 1. The van der Waals surface area contributed by atoms with Crippen LogP contribution in [0.5, 0.6) is 17.2 Å². The van der Waals surface area contributed by atoms with Gasteiger partial charge >= 0.3 is 0 Å². The lowest BCUT2D eigenvalue weighted by Gasteiger charge is -2.56. The first-order valence-electron chi connectivity index (χ1n) is 23.6. The van der Waals surface area contributed by atoms with Gasteiger partial charge in [-0.2, -0.15) is 0 Å². The summed E-state index contributed by atoms with van der Waals surface area (Å²) in [5, 5.41) is 26.2. The van der Waals surface area contributed by atoms with Crippen molar-refractivity contribution < 1.29 is 37.1 Å². The summed E-state index contributed by atoms with van der Waals surface area (Å²) >= 11 is 0. The smallest absolute Gasteiger partial charge is 0.297 e. The van der Waals surface area contributed by atoms with Crippen LogP contribution in [-0.2, 0) is 10.0 Å². The fourth-order valence-electron chi connectivity index (χ4n) is 11.5. The molecule has 3 aliphatic heterocycles. The third kappa shape index (κ3) is 8.81. The number of carbonyl (C=O) groups excluding carboxylic acids is 1. The number of ether oxygens (including phenoxy) is 2. The lowest BCUT2D eigenvalue weighted by molar-refractivity contribution is -0.384. The van der Waals surface area contributed by atoms with Crippen molar-refractivity contribution in [1.29, 1.82) is 0 Å². The number of nitrogens with zero attached hydrogens (tertiary/aromatic N) is 4. The van der Waals surface area contributed by atoms with Crippen molar-refractivity contribution in [2.45, 2.75) is 120 Å². The molecule has 5 aliphatic rings. The van der Waals surface area contributed by atoms with Crippen molar-refractivity contribution in [3.8, 4) is 17.2 Å². The molecule has 0 bridgehead atoms. The van der Waals surface area contributed by atoms with E-state index in [1.807, 2.05) is 0 Å². The second-order valence-electron chi connectivity index (χ2n) is 20.1. The quantitative estimate of drug-likeness (QED) is 0.0726. The molecule has 3 aromatic carbocycles. The molecule has 2 saturated heterocycles. The molecule has 2 aromatic heterocycles. The maximum absolute atomic E-state index is 14.7. The largest absolute Gasteiger partial charge is 0.489 e. The molecule has 15 nitrogen and oxygen atoms in total. The lowest BCUT2D eigenvalue weighted by atomic mass is 9.59. The van der Waals surface area contributed by atoms with E-state index in [0.717, 1.165) is 57.1 Å². The Labute approximate surface area is 389 Å². The van der Waals surface area contributed by atoms with Crippen molar-refractivity contribution in [2.75, 3.05) is 36.5 Å². The predicted octanol–water partition coefficient (Wildman–Crippen LogP) is 9.34. The number of halogens is 1. The van der Waals surface area contributed by atoms with E-state index in [0.29, 0.717) is 49.3 Å². The highest BCUT2D eigenvalue weighted by Crippen LogP contribution is 2.54. The molecule has 10 rings (SSSR count). The summed E-state index contributed by atoms with van der Waals surface area (Å²) in [5.41, 5.74) is 2.91. The molecule has 2 aliphatic carbocycles. The van der Waals surface area contributed by atoms with E-state index >= 15 is 0 Å². The minimum atomic E-state index is -4.71. The first kappa shape index (κ1) is 45.0. The van der Waals surface area contributed by atoms with Gasteiger partial charge in [-0.3, -0.25) is 19.8 Å². The van der Waals surface area contributed by atoms with Crippen LogP contribution < -0.4 is 24.4 Å². The number of carbonyl (C=O) groups is 1. The average Bonchev–Trinajstić information content (AvgIpc) is 3.94. The van der Waals surface area contributed by atoms with E-state index in [4.69, 9.17) is 9.47 Å². The van der Waals surface area contributed by atoms with Gasteiger partial charge in [0.05, 0.1) is 38.6 Å². The van der Waals surface area contributed by atoms with Crippen LogP contribution in [0, 0.1) is 27.3 Å². The van der Waals surface area contributed by atoms with Gasteiger partial charge in [0.15, 0.2) is 11.4 Å². The molecule has 2 saturated carbocycles. The molecule has 0 unspecified atom stereocenters. The summed E-state index contributed by atoms with van der Waals surface area (Å²) in [6.07, 6.45) is 11.9. The maximum Gasteiger partial charge on any atom is 0.297 e. The molecule has 0 radical (unpaired) electrons. The van der Waals surface area contributed by atoms with Crippen LogP contribution in [0.2, 0.25) is 0 Å². The number of aromatic nitrogens is 2. The third-order valence-corrected chi connectivity index (χ3v) is 16.7. The second kappa shape index (κ2) is 17.4. The molecular weight excluding hydrogens is 878 g/mol. The van der Waals surface area contributed by atoms with Crippen LogP contribution in [0.15, 0.2) is 78.0 Å². The van der Waals surface area contributed by atoms with E-state index < -0.39 is 42.9 Å². The molecular formula is C50H58FN7O8S. The highest BCUT2D eigenvalue weighted by Gasteiger charge is 2.50. The molecule has 5 heterocycles. The van der Waals surface area contributed by atoms with Gasteiger partial charge in [-0.15, -0.1) is 0 Å². The SMILES string of the molecule is CC(C)c1ccccc1[C@@H]1CCCN1C1CC2(CCN(c3ccc(C(=O)NS(=O)(=O)c4cc5c(c([N+](=O)[O-])c4)N[C@@H](C4CCC(C)(O)CC4)CO5)c(Oc4cnc5[nH]cc(F)c5c4)c3)CC2)C1. The fraction of sp³-hybridized carbons (Fsp3) is 0.480. The van der Waals surface area contributed by atoms with Gasteiger partial charge in [0.1, 0.15) is 29.6 Å². The van der Waals surface area contributed by atoms with Gasteiger partial charge in [0.25, 0.3) is 21.6 Å². The number of amides is 1. The number of rotatable bonds is 11. The number of anilines is 2. The molecule has 1 spiro atoms. The minimum absolute atomic E-state index is 0.0206. The Balaban J connectivity index is 0.863. The van der Waals surface area contributed by atoms with Crippen LogP contribution in [0.25, 0.3) is 11.0 Å². The summed E-state index contributed by atoms with van der Waals surface area (Å²) in [6, 6.07) is 18.1. The van der Waals surface area contributed by atoms with Crippen molar-refractivity contribution in [3.05, 3.63) is 106 Å². The topological polar surface area (TPSA) is 192 Å². The van der Waals surface area contributed by atoms with Crippen LogP contribution in [-0.4, -0.2) is 83.1 Å². The van der Waals surface area contributed by atoms with Crippen molar-refractivity contribution in [3.63, 3.8) is 0 Å². The predicted molar refractivity (Wildman–Crippen MR) is 252 cm³/mol. The highest BCUT2D eigenvalue weighted by atomic mass is 32.2. The maximum atomic E-state index is 14.7. The summed E-state index contributed by atoms with van der Waals surface area (Å²) in [7, 11) is -4.71. The van der Waals surface area contributed by atoms with E-state index in [1.165, 1.54) is 54.6 Å². The van der Waals surface area contributed by atoms with Crippen LogP contribution >= 0.6 is 0 Å². The number of nitro benzene ring substituents is 1. The van der Waals surface area contributed by atoms with Crippen molar-refractivity contribution in [1.82, 2.24) is 19.6 Å². The Morgan fingerprint density at radius 1 is 1.04 bits per heavy atom. The number of pyridine rings is 1. The molecule has 67 heavy (non-hydrogen) atoms. The Morgan fingerprint density at radius 2 is 1.81 bits per heavy atom. The number of sulfonamides is 1. The number of piperidine rings is 1. The standard InChI is InChI=1S/C50H58FN7O8S/c1-30(2)36-7-4-5-8-37(36)42-9-6-18-57(42)33-25-50(26-33)16-19-56(20-17-50)32-10-11-38(44(21-32)66-34-22-39-40(51)28-53-47(39)52-27-34)48(59)55-67(63,64)35-23-43(58(61)62)46-45(24-35)65-29-41(54-46)31-12-14-49(3,60)15-13-31/h4-5,7-8,10-11,21-24,27-28,30-31,33,41-42,54,60H,6,9,12-20,25-26,29H2,1-3H3,(H,52,53)(H,55,59)/t31?,41-,42+,49?/m1/s1. The van der Waals surface area contributed by atoms with Crippen LogP contribution in [0.4, 0.5) is 21.5 Å². The van der Waals surface area contributed by atoms with E-state index in [9.17, 15) is 32.8 Å². The van der Waals surface area contributed by atoms with E-state index in [1.54, 1.807) is 19.1 Å². The summed E-state index contributed by atoms with van der Waals surface area (Å²) in [4.78, 5) is 37.3.